The van der Waals surface area contributed by atoms with Gasteiger partial charge >= 0.3 is 0 Å². The fraction of sp³-hybridized carbons (Fsp3) is 0.250. The van der Waals surface area contributed by atoms with Gasteiger partial charge in [0.05, 0.1) is 6.21 Å². The minimum absolute atomic E-state index is 0.216. The van der Waals surface area contributed by atoms with Gasteiger partial charge in [-0.2, -0.15) is 14.9 Å². The number of hydrogen-bond donors (Lipinski definition) is 1. The standard InChI is InChI=1S/C20H22N4OS/c1-20(2,3)25-17-11-9-16(10-12-17)14-21-24-18(22-23-19(24)26)13-15-7-5-4-6-8-15/h4-12,14H,13H2,1-3H3,(H,23,26)/b21-14-. The molecule has 0 spiro atoms. The summed E-state index contributed by atoms with van der Waals surface area (Å²) in [4.78, 5) is 0. The van der Waals surface area contributed by atoms with Crippen LogP contribution in [0.3, 0.4) is 0 Å². The second kappa shape index (κ2) is 7.66. The van der Waals surface area contributed by atoms with E-state index >= 15 is 0 Å². The third-order valence-corrected chi connectivity index (χ3v) is 3.81. The van der Waals surface area contributed by atoms with Crippen LogP contribution in [0.15, 0.2) is 59.7 Å². The summed E-state index contributed by atoms with van der Waals surface area (Å²) in [5.41, 5.74) is 1.90. The molecule has 0 bridgehead atoms. The zero-order valence-electron chi connectivity index (χ0n) is 15.1. The van der Waals surface area contributed by atoms with E-state index in [1.54, 1.807) is 10.9 Å². The highest BCUT2D eigenvalue weighted by Gasteiger charge is 2.11. The third kappa shape index (κ3) is 4.89. The fourth-order valence-electron chi connectivity index (χ4n) is 2.44. The van der Waals surface area contributed by atoms with Gasteiger partial charge in [-0.25, -0.2) is 0 Å². The molecule has 0 saturated carbocycles. The van der Waals surface area contributed by atoms with Crippen molar-refractivity contribution in [1.82, 2.24) is 14.9 Å². The first kappa shape index (κ1) is 18.1. The van der Waals surface area contributed by atoms with E-state index in [1.807, 2.05) is 63.2 Å². The van der Waals surface area contributed by atoms with Crippen molar-refractivity contribution in [3.63, 3.8) is 0 Å². The van der Waals surface area contributed by atoms with Crippen molar-refractivity contribution < 1.29 is 4.74 Å². The summed E-state index contributed by atoms with van der Waals surface area (Å²) in [5, 5.41) is 11.6. The first-order chi connectivity index (χ1) is 12.4. The predicted octanol–water partition coefficient (Wildman–Crippen LogP) is 4.59. The van der Waals surface area contributed by atoms with Gasteiger partial charge in [-0.1, -0.05) is 30.3 Å². The van der Waals surface area contributed by atoms with Gasteiger partial charge in [-0.05, 0) is 68.4 Å². The number of hydrogen-bond acceptors (Lipinski definition) is 4. The molecule has 5 nitrogen and oxygen atoms in total. The van der Waals surface area contributed by atoms with Gasteiger partial charge in [-0.15, -0.1) is 0 Å². The molecule has 0 aliphatic rings. The molecule has 6 heteroatoms. The average Bonchev–Trinajstić information content (AvgIpc) is 2.94. The van der Waals surface area contributed by atoms with Crippen molar-refractivity contribution in [3.8, 4) is 5.75 Å². The number of nitrogens with zero attached hydrogens (tertiary/aromatic N) is 3. The smallest absolute Gasteiger partial charge is 0.216 e. The molecular weight excluding hydrogens is 344 g/mol. The first-order valence-corrected chi connectivity index (χ1v) is 8.85. The highest BCUT2D eigenvalue weighted by Crippen LogP contribution is 2.18. The summed E-state index contributed by atoms with van der Waals surface area (Å²) in [6.07, 6.45) is 2.42. The molecule has 1 heterocycles. The van der Waals surface area contributed by atoms with Gasteiger partial charge in [0.1, 0.15) is 11.4 Å². The van der Waals surface area contributed by atoms with E-state index in [2.05, 4.69) is 27.4 Å². The molecule has 1 aromatic heterocycles. The van der Waals surface area contributed by atoms with E-state index in [9.17, 15) is 0 Å². The molecule has 1 N–H and O–H groups in total. The number of aromatic amines is 1. The molecule has 3 rings (SSSR count). The van der Waals surface area contributed by atoms with E-state index in [4.69, 9.17) is 17.0 Å². The molecule has 0 atom stereocenters. The van der Waals surface area contributed by atoms with Crippen molar-refractivity contribution in [3.05, 3.63) is 76.3 Å². The second-order valence-electron chi connectivity index (χ2n) is 6.95. The van der Waals surface area contributed by atoms with Crippen LogP contribution in [0.5, 0.6) is 5.75 Å². The molecule has 0 aliphatic heterocycles. The summed E-state index contributed by atoms with van der Waals surface area (Å²) in [6.45, 7) is 6.08. The maximum atomic E-state index is 5.83. The van der Waals surface area contributed by atoms with Crippen LogP contribution in [0.4, 0.5) is 0 Å². The minimum atomic E-state index is -0.216. The minimum Gasteiger partial charge on any atom is -0.488 e. The summed E-state index contributed by atoms with van der Waals surface area (Å²) >= 11 is 5.30. The third-order valence-electron chi connectivity index (χ3n) is 3.55. The summed E-state index contributed by atoms with van der Waals surface area (Å²) in [5.74, 6) is 1.60. The maximum Gasteiger partial charge on any atom is 0.216 e. The quantitative estimate of drug-likeness (QED) is 0.531. The Kier molecular flexibility index (Phi) is 5.32. The van der Waals surface area contributed by atoms with E-state index in [1.165, 1.54) is 0 Å². The van der Waals surface area contributed by atoms with Crippen LogP contribution in [0.2, 0.25) is 0 Å². The van der Waals surface area contributed by atoms with Gasteiger partial charge in [0.25, 0.3) is 0 Å². The normalized spacial score (nSPS) is 11.8. The molecule has 26 heavy (non-hydrogen) atoms. The first-order valence-electron chi connectivity index (χ1n) is 8.44. The largest absolute Gasteiger partial charge is 0.488 e. The molecule has 3 aromatic rings. The van der Waals surface area contributed by atoms with Crippen molar-refractivity contribution in [1.29, 1.82) is 0 Å². The summed E-state index contributed by atoms with van der Waals surface area (Å²) in [6, 6.07) is 17.9. The van der Waals surface area contributed by atoms with E-state index < -0.39 is 0 Å². The molecule has 0 fully saturated rings. The highest BCUT2D eigenvalue weighted by molar-refractivity contribution is 7.71. The SMILES string of the molecule is CC(C)(C)Oc1ccc(/C=N\n2c(Cc3ccccc3)n[nH]c2=S)cc1. The van der Waals surface area contributed by atoms with Gasteiger partial charge in [0.2, 0.25) is 4.77 Å². The van der Waals surface area contributed by atoms with Crippen LogP contribution < -0.4 is 4.74 Å². The van der Waals surface area contributed by atoms with Gasteiger partial charge < -0.3 is 4.74 Å². The van der Waals surface area contributed by atoms with Crippen molar-refractivity contribution >= 4 is 18.4 Å². The Morgan fingerprint density at radius 2 is 1.81 bits per heavy atom. The van der Waals surface area contributed by atoms with Crippen LogP contribution in [-0.2, 0) is 6.42 Å². The zero-order valence-corrected chi connectivity index (χ0v) is 16.0. The van der Waals surface area contributed by atoms with Gasteiger partial charge in [0.15, 0.2) is 5.82 Å². The van der Waals surface area contributed by atoms with Crippen LogP contribution in [0.1, 0.15) is 37.7 Å². The van der Waals surface area contributed by atoms with Gasteiger partial charge in [0, 0.05) is 6.42 Å². The van der Waals surface area contributed by atoms with E-state index in [0.717, 1.165) is 22.7 Å². The van der Waals surface area contributed by atoms with Crippen LogP contribution in [0.25, 0.3) is 0 Å². The average molecular weight is 366 g/mol. The lowest BCUT2D eigenvalue weighted by Gasteiger charge is -2.21. The van der Waals surface area contributed by atoms with Crippen LogP contribution >= 0.6 is 12.2 Å². The summed E-state index contributed by atoms with van der Waals surface area (Å²) in [7, 11) is 0. The van der Waals surface area contributed by atoms with Crippen molar-refractivity contribution in [2.75, 3.05) is 0 Å². The topological polar surface area (TPSA) is 55.2 Å². The Balaban J connectivity index is 1.76. The number of ether oxygens (including phenoxy) is 1. The van der Waals surface area contributed by atoms with Crippen LogP contribution in [-0.4, -0.2) is 26.7 Å². The number of H-pyrrole nitrogens is 1. The lowest BCUT2D eigenvalue weighted by molar-refractivity contribution is 0.131. The molecule has 0 saturated heterocycles. The molecule has 0 unspecified atom stereocenters. The molecule has 0 radical (unpaired) electrons. The predicted molar refractivity (Wildman–Crippen MR) is 106 cm³/mol. The maximum absolute atomic E-state index is 5.83. The monoisotopic (exact) mass is 366 g/mol. The van der Waals surface area contributed by atoms with Crippen LogP contribution in [0, 0.1) is 4.77 Å². The molecule has 0 aliphatic carbocycles. The summed E-state index contributed by atoms with van der Waals surface area (Å²) < 4.78 is 7.96. The lowest BCUT2D eigenvalue weighted by Crippen LogP contribution is -2.22. The Hall–Kier alpha value is -2.73. The van der Waals surface area contributed by atoms with Crippen molar-refractivity contribution in [2.45, 2.75) is 32.8 Å². The Labute approximate surface area is 158 Å². The number of nitrogens with one attached hydrogen (secondary N) is 1. The zero-order chi connectivity index (χ0) is 18.6. The number of aromatic nitrogens is 3. The van der Waals surface area contributed by atoms with Crippen molar-refractivity contribution in [2.24, 2.45) is 5.10 Å². The lowest BCUT2D eigenvalue weighted by atomic mass is 10.1. The Morgan fingerprint density at radius 3 is 2.46 bits per heavy atom. The molecule has 2 aromatic carbocycles. The fourth-order valence-corrected chi connectivity index (χ4v) is 2.63. The highest BCUT2D eigenvalue weighted by atomic mass is 32.1. The number of benzene rings is 2. The molecular formula is C20H22N4OS. The molecule has 134 valence electrons. The number of rotatable bonds is 5. The second-order valence-corrected chi connectivity index (χ2v) is 7.33. The van der Waals surface area contributed by atoms with E-state index in [-0.39, 0.29) is 5.60 Å². The van der Waals surface area contributed by atoms with E-state index in [0.29, 0.717) is 11.2 Å². The van der Waals surface area contributed by atoms with Gasteiger partial charge in [-0.3, -0.25) is 5.10 Å². The Bertz CT molecular complexity index is 934. The Morgan fingerprint density at radius 1 is 1.12 bits per heavy atom. The molecule has 0 amide bonds.